The van der Waals surface area contributed by atoms with Crippen molar-refractivity contribution in [3.05, 3.63) is 52.4 Å². The van der Waals surface area contributed by atoms with E-state index in [2.05, 4.69) is 5.32 Å². The largest absolute Gasteiger partial charge is 0.467 e. The monoisotopic (exact) mass is 255 g/mol. The van der Waals surface area contributed by atoms with Crippen LogP contribution in [0.1, 0.15) is 18.7 Å². The Morgan fingerprint density at radius 1 is 1.19 bits per heavy atom. The Labute approximate surface area is 104 Å². The quantitative estimate of drug-likeness (QED) is 0.856. The second-order valence-electron chi connectivity index (χ2n) is 3.51. The Morgan fingerprint density at radius 2 is 2.00 bits per heavy atom. The van der Waals surface area contributed by atoms with Crippen LogP contribution in [0.15, 0.2) is 41.0 Å². The van der Waals surface area contributed by atoms with Crippen LogP contribution >= 0.6 is 23.2 Å². The molecule has 0 fully saturated rings. The SMILES string of the molecule is CC(Nc1ccc(Cl)c(Cl)c1)c1ccco1. The van der Waals surface area contributed by atoms with Gasteiger partial charge >= 0.3 is 0 Å². The lowest BCUT2D eigenvalue weighted by Crippen LogP contribution is -2.05. The fourth-order valence-electron chi connectivity index (χ4n) is 1.44. The molecule has 4 heteroatoms. The van der Waals surface area contributed by atoms with Gasteiger partial charge in [-0.2, -0.15) is 0 Å². The summed E-state index contributed by atoms with van der Waals surface area (Å²) in [5.41, 5.74) is 0.915. The average Bonchev–Trinajstić information content (AvgIpc) is 2.77. The highest BCUT2D eigenvalue weighted by molar-refractivity contribution is 6.42. The molecule has 0 spiro atoms. The molecule has 0 aliphatic carbocycles. The molecular formula is C12H11Cl2NO. The Bertz CT molecular complexity index is 468. The minimum Gasteiger partial charge on any atom is -0.467 e. The zero-order valence-corrected chi connectivity index (χ0v) is 10.2. The van der Waals surface area contributed by atoms with Crippen molar-refractivity contribution in [1.29, 1.82) is 0 Å². The van der Waals surface area contributed by atoms with E-state index in [1.54, 1.807) is 18.4 Å². The fraction of sp³-hybridized carbons (Fsp3) is 0.167. The van der Waals surface area contributed by atoms with Crippen molar-refractivity contribution < 1.29 is 4.42 Å². The summed E-state index contributed by atoms with van der Waals surface area (Å²) in [5, 5.41) is 4.37. The molecule has 84 valence electrons. The van der Waals surface area contributed by atoms with Crippen LogP contribution < -0.4 is 5.32 Å². The van der Waals surface area contributed by atoms with Crippen LogP contribution in [0.5, 0.6) is 0 Å². The van der Waals surface area contributed by atoms with Crippen LogP contribution in [-0.2, 0) is 0 Å². The van der Waals surface area contributed by atoms with E-state index in [4.69, 9.17) is 27.6 Å². The van der Waals surface area contributed by atoms with Gasteiger partial charge in [-0.3, -0.25) is 0 Å². The zero-order chi connectivity index (χ0) is 11.5. The molecule has 2 nitrogen and oxygen atoms in total. The van der Waals surface area contributed by atoms with Crippen molar-refractivity contribution in [2.45, 2.75) is 13.0 Å². The van der Waals surface area contributed by atoms with Crippen molar-refractivity contribution in [1.82, 2.24) is 0 Å². The van der Waals surface area contributed by atoms with Gasteiger partial charge in [0.15, 0.2) is 0 Å². The first-order valence-electron chi connectivity index (χ1n) is 4.92. The van der Waals surface area contributed by atoms with Gasteiger partial charge < -0.3 is 9.73 Å². The van der Waals surface area contributed by atoms with Crippen molar-refractivity contribution in [2.75, 3.05) is 5.32 Å². The fourth-order valence-corrected chi connectivity index (χ4v) is 1.74. The van der Waals surface area contributed by atoms with Crippen LogP contribution in [0.3, 0.4) is 0 Å². The standard InChI is InChI=1S/C12H11Cl2NO/c1-8(12-3-2-6-16-12)15-9-4-5-10(13)11(14)7-9/h2-8,15H,1H3. The van der Waals surface area contributed by atoms with Crippen LogP contribution in [0.4, 0.5) is 5.69 Å². The lowest BCUT2D eigenvalue weighted by atomic mass is 10.2. The van der Waals surface area contributed by atoms with E-state index in [0.717, 1.165) is 11.4 Å². The maximum absolute atomic E-state index is 5.93. The van der Waals surface area contributed by atoms with Gasteiger partial charge in [-0.25, -0.2) is 0 Å². The van der Waals surface area contributed by atoms with E-state index < -0.39 is 0 Å². The van der Waals surface area contributed by atoms with Crippen molar-refractivity contribution >= 4 is 28.9 Å². The third-order valence-electron chi connectivity index (χ3n) is 2.27. The molecule has 1 unspecified atom stereocenters. The molecule has 2 rings (SSSR count). The van der Waals surface area contributed by atoms with Gasteiger partial charge in [0.1, 0.15) is 5.76 Å². The smallest absolute Gasteiger partial charge is 0.125 e. The Balaban J connectivity index is 2.12. The molecule has 0 aliphatic heterocycles. The maximum atomic E-state index is 5.93. The average molecular weight is 256 g/mol. The molecule has 1 heterocycles. The van der Waals surface area contributed by atoms with Gasteiger partial charge in [0, 0.05) is 5.69 Å². The highest BCUT2D eigenvalue weighted by Crippen LogP contribution is 2.27. The first-order valence-corrected chi connectivity index (χ1v) is 5.67. The molecule has 0 radical (unpaired) electrons. The van der Waals surface area contributed by atoms with E-state index in [1.165, 1.54) is 0 Å². The summed E-state index contributed by atoms with van der Waals surface area (Å²) in [5.74, 6) is 0.881. The number of nitrogens with one attached hydrogen (secondary N) is 1. The lowest BCUT2D eigenvalue weighted by molar-refractivity contribution is 0.490. The van der Waals surface area contributed by atoms with E-state index in [9.17, 15) is 0 Å². The lowest BCUT2D eigenvalue weighted by Gasteiger charge is -2.13. The molecule has 0 saturated heterocycles. The predicted molar refractivity (Wildman–Crippen MR) is 67.2 cm³/mol. The van der Waals surface area contributed by atoms with Crippen LogP contribution in [0.25, 0.3) is 0 Å². The van der Waals surface area contributed by atoms with Gasteiger partial charge in [-0.15, -0.1) is 0 Å². The van der Waals surface area contributed by atoms with Gasteiger partial charge in [0.25, 0.3) is 0 Å². The second kappa shape index (κ2) is 4.81. The molecule has 0 bridgehead atoms. The topological polar surface area (TPSA) is 25.2 Å². The van der Waals surface area contributed by atoms with Crippen LogP contribution in [0, 0.1) is 0 Å². The summed E-state index contributed by atoms with van der Waals surface area (Å²) in [6.45, 7) is 2.02. The molecule has 1 aromatic heterocycles. The highest BCUT2D eigenvalue weighted by atomic mass is 35.5. The highest BCUT2D eigenvalue weighted by Gasteiger charge is 2.08. The number of halogens is 2. The number of benzene rings is 1. The number of rotatable bonds is 3. The number of furan rings is 1. The Kier molecular flexibility index (Phi) is 3.42. The zero-order valence-electron chi connectivity index (χ0n) is 8.71. The molecule has 0 amide bonds. The number of hydrogen-bond donors (Lipinski definition) is 1. The Morgan fingerprint density at radius 3 is 2.62 bits per heavy atom. The summed E-state index contributed by atoms with van der Waals surface area (Å²) < 4.78 is 5.30. The van der Waals surface area contributed by atoms with Crippen LogP contribution in [-0.4, -0.2) is 0 Å². The van der Waals surface area contributed by atoms with E-state index in [0.29, 0.717) is 10.0 Å². The third kappa shape index (κ3) is 2.52. The first kappa shape index (κ1) is 11.4. The minimum atomic E-state index is 0.0900. The van der Waals surface area contributed by atoms with Gasteiger partial charge in [-0.1, -0.05) is 23.2 Å². The first-order chi connectivity index (χ1) is 7.66. The molecule has 1 aromatic carbocycles. The van der Waals surface area contributed by atoms with Crippen LogP contribution in [0.2, 0.25) is 10.0 Å². The molecule has 1 N–H and O–H groups in total. The molecule has 0 aliphatic rings. The molecule has 2 aromatic rings. The van der Waals surface area contributed by atoms with E-state index >= 15 is 0 Å². The van der Waals surface area contributed by atoms with Gasteiger partial charge in [0.05, 0.1) is 22.4 Å². The minimum absolute atomic E-state index is 0.0900. The Hall–Kier alpha value is -1.12. The summed E-state index contributed by atoms with van der Waals surface area (Å²) in [6, 6.07) is 9.32. The molecule has 16 heavy (non-hydrogen) atoms. The summed E-state index contributed by atoms with van der Waals surface area (Å²) >= 11 is 11.8. The summed E-state index contributed by atoms with van der Waals surface area (Å²) in [6.07, 6.45) is 1.66. The maximum Gasteiger partial charge on any atom is 0.125 e. The van der Waals surface area contributed by atoms with E-state index in [1.807, 2.05) is 25.1 Å². The molecular weight excluding hydrogens is 245 g/mol. The number of anilines is 1. The predicted octanol–water partition coefficient (Wildman–Crippen LogP) is 4.76. The summed E-state index contributed by atoms with van der Waals surface area (Å²) in [4.78, 5) is 0. The summed E-state index contributed by atoms with van der Waals surface area (Å²) in [7, 11) is 0. The number of hydrogen-bond acceptors (Lipinski definition) is 2. The van der Waals surface area contributed by atoms with Crippen molar-refractivity contribution in [3.8, 4) is 0 Å². The second-order valence-corrected chi connectivity index (χ2v) is 4.32. The molecule has 0 saturated carbocycles. The van der Waals surface area contributed by atoms with Gasteiger partial charge in [0.2, 0.25) is 0 Å². The third-order valence-corrected chi connectivity index (χ3v) is 3.01. The molecule has 1 atom stereocenters. The van der Waals surface area contributed by atoms with Crippen molar-refractivity contribution in [2.24, 2.45) is 0 Å². The van der Waals surface area contributed by atoms with E-state index in [-0.39, 0.29) is 6.04 Å². The normalized spacial score (nSPS) is 12.4. The van der Waals surface area contributed by atoms with Gasteiger partial charge in [-0.05, 0) is 37.3 Å². The van der Waals surface area contributed by atoms with Crippen molar-refractivity contribution in [3.63, 3.8) is 0 Å².